The Kier molecular flexibility index (Phi) is 7.39. The molecular formula is C29H24BrCl2N3O8. The van der Waals surface area contributed by atoms with E-state index in [4.69, 9.17) is 33.0 Å². The molecule has 3 fully saturated rings. The van der Waals surface area contributed by atoms with Crippen molar-refractivity contribution in [1.82, 2.24) is 4.90 Å². The summed E-state index contributed by atoms with van der Waals surface area (Å²) in [6.07, 6.45) is 1.86. The van der Waals surface area contributed by atoms with Crippen LogP contribution in [0.15, 0.2) is 60.2 Å². The van der Waals surface area contributed by atoms with Gasteiger partial charge in [0.1, 0.15) is 12.4 Å². The first-order chi connectivity index (χ1) is 20.5. The molecule has 0 radical (unpaired) electrons. The van der Waals surface area contributed by atoms with Crippen LogP contribution in [0.2, 0.25) is 0 Å². The van der Waals surface area contributed by atoms with E-state index in [1.165, 1.54) is 24.3 Å². The Hall–Kier alpha value is -3.32. The van der Waals surface area contributed by atoms with Crippen molar-refractivity contribution >= 4 is 74.1 Å². The van der Waals surface area contributed by atoms with E-state index >= 15 is 0 Å². The van der Waals surface area contributed by atoms with Gasteiger partial charge in [0.25, 0.3) is 17.5 Å². The van der Waals surface area contributed by atoms with Crippen LogP contribution >= 0.6 is 39.1 Å². The third-order valence-electron chi connectivity index (χ3n) is 8.91. The molecule has 2 aromatic carbocycles. The Morgan fingerprint density at radius 1 is 1.00 bits per heavy atom. The van der Waals surface area contributed by atoms with E-state index < -0.39 is 62.0 Å². The zero-order valence-corrected chi connectivity index (χ0v) is 25.4. The Morgan fingerprint density at radius 2 is 1.67 bits per heavy atom. The number of benzene rings is 2. The molecule has 2 aliphatic heterocycles. The number of rotatable bonds is 7. The van der Waals surface area contributed by atoms with Gasteiger partial charge in [0.2, 0.25) is 11.8 Å². The molecule has 0 spiro atoms. The van der Waals surface area contributed by atoms with E-state index in [-0.39, 0.29) is 42.9 Å². The number of halogens is 3. The maximum atomic E-state index is 14.0. The van der Waals surface area contributed by atoms with Crippen LogP contribution in [0.25, 0.3) is 0 Å². The number of allylic oxidation sites excluding steroid dienone is 2. The number of non-ortho nitro benzene ring substituents is 1. The number of nitro groups is 1. The molecule has 43 heavy (non-hydrogen) atoms. The van der Waals surface area contributed by atoms with Crippen molar-refractivity contribution in [1.29, 1.82) is 0 Å². The molecule has 6 atom stereocenters. The van der Waals surface area contributed by atoms with Gasteiger partial charge in [-0.15, -0.1) is 23.2 Å². The molecule has 11 nitrogen and oxygen atoms in total. The molecule has 2 aliphatic carbocycles. The van der Waals surface area contributed by atoms with Gasteiger partial charge in [-0.2, -0.15) is 0 Å². The highest BCUT2D eigenvalue weighted by Crippen LogP contribution is 2.65. The number of carbonyl (C=O) groups excluding carboxylic acids is 4. The minimum Gasteiger partial charge on any atom is -0.491 e. The minimum atomic E-state index is -1.93. The summed E-state index contributed by atoms with van der Waals surface area (Å²) in [5, 5.41) is 20.2. The minimum absolute atomic E-state index is 0.0813. The molecule has 1 saturated carbocycles. The smallest absolute Gasteiger partial charge is 0.269 e. The predicted molar refractivity (Wildman–Crippen MR) is 158 cm³/mol. The van der Waals surface area contributed by atoms with Crippen molar-refractivity contribution in [2.24, 2.45) is 17.8 Å². The molecule has 14 heteroatoms. The van der Waals surface area contributed by atoms with Crippen molar-refractivity contribution < 1.29 is 33.9 Å². The number of ether oxygens (including phenoxy) is 1. The van der Waals surface area contributed by atoms with E-state index in [9.17, 15) is 29.3 Å². The molecule has 2 saturated heterocycles. The number of carbonyl (C=O) groups is 4. The first-order valence-electron chi connectivity index (χ1n) is 13.5. The zero-order valence-electron chi connectivity index (χ0n) is 22.3. The number of likely N-dealkylation sites (tertiary alicyclic amines) is 1. The third-order valence-corrected chi connectivity index (χ3v) is 10.8. The second kappa shape index (κ2) is 10.7. The Balaban J connectivity index is 1.45. The number of nitrogens with zero attached hydrogens (tertiary/aromatic N) is 3. The van der Waals surface area contributed by atoms with Crippen LogP contribution in [0.5, 0.6) is 5.75 Å². The van der Waals surface area contributed by atoms with E-state index in [1.54, 1.807) is 24.3 Å². The fourth-order valence-corrected chi connectivity index (χ4v) is 8.45. The van der Waals surface area contributed by atoms with Crippen molar-refractivity contribution in [2.45, 2.75) is 28.5 Å². The number of hydrogen-bond acceptors (Lipinski definition) is 8. The van der Waals surface area contributed by atoms with Gasteiger partial charge in [0, 0.05) is 18.1 Å². The monoisotopic (exact) mass is 691 g/mol. The third kappa shape index (κ3) is 4.17. The number of imide groups is 2. The number of aliphatic hydroxyl groups excluding tert-OH is 1. The number of nitro benzene ring substituents is 1. The maximum Gasteiger partial charge on any atom is 0.269 e. The van der Waals surface area contributed by atoms with Crippen molar-refractivity contribution in [3.8, 4) is 5.75 Å². The van der Waals surface area contributed by atoms with Gasteiger partial charge >= 0.3 is 0 Å². The summed E-state index contributed by atoms with van der Waals surface area (Å²) in [6.45, 7) is -0.0956. The van der Waals surface area contributed by atoms with Crippen LogP contribution in [0.1, 0.15) is 24.3 Å². The first kappa shape index (κ1) is 29.7. The van der Waals surface area contributed by atoms with Gasteiger partial charge < -0.3 is 9.84 Å². The molecule has 224 valence electrons. The Bertz CT molecular complexity index is 1580. The first-order valence-corrected chi connectivity index (χ1v) is 15.3. The van der Waals surface area contributed by atoms with E-state index in [0.29, 0.717) is 16.9 Å². The Morgan fingerprint density at radius 3 is 2.28 bits per heavy atom. The lowest BCUT2D eigenvalue weighted by Crippen LogP contribution is -2.60. The van der Waals surface area contributed by atoms with Gasteiger partial charge in [-0.05, 0) is 48.6 Å². The van der Waals surface area contributed by atoms with Crippen LogP contribution in [0.3, 0.4) is 0 Å². The SMILES string of the molecule is O=C1C2CC=C3C(CC4(Cl)C(=O)N(CBr)C(=O)C4(Cl)C3c3ccc(OCCO)cc3)C2C(=O)N1c1ccc([N+](=O)[O-])cc1. The molecule has 6 unspecified atom stereocenters. The average molecular weight is 693 g/mol. The largest absolute Gasteiger partial charge is 0.491 e. The fraction of sp³-hybridized carbons (Fsp3) is 0.379. The highest BCUT2D eigenvalue weighted by atomic mass is 79.9. The highest BCUT2D eigenvalue weighted by molar-refractivity contribution is 9.09. The van der Waals surface area contributed by atoms with E-state index in [2.05, 4.69) is 15.9 Å². The lowest BCUT2D eigenvalue weighted by molar-refractivity contribution is -0.384. The lowest BCUT2D eigenvalue weighted by Gasteiger charge is -2.50. The number of alkyl halides is 3. The van der Waals surface area contributed by atoms with E-state index in [1.807, 2.05) is 6.08 Å². The van der Waals surface area contributed by atoms with Crippen molar-refractivity contribution in [3.05, 3.63) is 75.9 Å². The summed E-state index contributed by atoms with van der Waals surface area (Å²) in [5.74, 6) is -5.13. The standard InChI is InChI=1S/C29H24BrCl2N3O8/c30-14-33-26(39)28(31)13-21-19(23(29(28,32)27(33)40)15-1-7-18(8-2-15)43-12-11-36)9-10-20-22(21)25(38)34(24(20)37)16-3-5-17(6-4-16)35(41)42/h1-9,20-23,36H,10-14H2. The molecule has 4 aliphatic rings. The summed E-state index contributed by atoms with van der Waals surface area (Å²) >= 11 is 17.6. The summed E-state index contributed by atoms with van der Waals surface area (Å²) in [5.41, 5.74) is 1.09. The average Bonchev–Trinajstić information content (AvgIpc) is 3.34. The normalized spacial score (nSPS) is 31.5. The molecule has 4 amide bonds. The highest BCUT2D eigenvalue weighted by Gasteiger charge is 2.76. The molecule has 2 aromatic rings. The molecule has 6 rings (SSSR count). The number of aliphatic hydroxyl groups is 1. The van der Waals surface area contributed by atoms with Gasteiger partial charge in [0.15, 0.2) is 9.75 Å². The zero-order chi connectivity index (χ0) is 30.8. The van der Waals surface area contributed by atoms with Crippen molar-refractivity contribution in [2.75, 3.05) is 23.6 Å². The van der Waals surface area contributed by atoms with Gasteiger partial charge in [0.05, 0.1) is 34.5 Å². The number of amides is 4. The summed E-state index contributed by atoms with van der Waals surface area (Å²) in [4.78, 5) is 63.9. The topological polar surface area (TPSA) is 147 Å². The predicted octanol–water partition coefficient (Wildman–Crippen LogP) is 3.88. The van der Waals surface area contributed by atoms with Crippen LogP contribution in [-0.2, 0) is 19.2 Å². The van der Waals surface area contributed by atoms with Crippen LogP contribution in [0, 0.1) is 27.9 Å². The lowest BCUT2D eigenvalue weighted by atomic mass is 9.56. The molecule has 1 N–H and O–H groups in total. The van der Waals surface area contributed by atoms with Crippen LogP contribution in [-0.4, -0.2) is 67.0 Å². The quantitative estimate of drug-likeness (QED) is 0.115. The van der Waals surface area contributed by atoms with Gasteiger partial charge in [-0.25, -0.2) is 0 Å². The number of fused-ring (bicyclic) bond motifs is 4. The van der Waals surface area contributed by atoms with Crippen LogP contribution in [0.4, 0.5) is 11.4 Å². The fourth-order valence-electron chi connectivity index (χ4n) is 7.02. The van der Waals surface area contributed by atoms with Crippen molar-refractivity contribution in [3.63, 3.8) is 0 Å². The van der Waals surface area contributed by atoms with Gasteiger partial charge in [-0.1, -0.05) is 39.7 Å². The summed E-state index contributed by atoms with van der Waals surface area (Å²) in [6, 6.07) is 11.9. The Labute approximate surface area is 263 Å². The number of hydrogen-bond donors (Lipinski definition) is 1. The molecule has 0 aromatic heterocycles. The van der Waals surface area contributed by atoms with Crippen LogP contribution < -0.4 is 9.64 Å². The molecule has 0 bridgehead atoms. The second-order valence-electron chi connectivity index (χ2n) is 10.9. The maximum absolute atomic E-state index is 14.0. The second-order valence-corrected chi connectivity index (χ2v) is 12.7. The molecule has 2 heterocycles. The summed E-state index contributed by atoms with van der Waals surface area (Å²) < 4.78 is 5.48. The number of anilines is 1. The summed E-state index contributed by atoms with van der Waals surface area (Å²) in [7, 11) is 0. The van der Waals surface area contributed by atoms with Gasteiger partial charge in [-0.3, -0.25) is 39.1 Å². The van der Waals surface area contributed by atoms with E-state index in [0.717, 1.165) is 9.80 Å². The molecular weight excluding hydrogens is 669 g/mol.